The Hall–Kier alpha value is -3.40. The number of non-ortho nitro benzene ring substituents is 1. The first-order valence-electron chi connectivity index (χ1n) is 7.47. The molecule has 138 valence electrons. The number of nitrogens with one attached hydrogen (secondary N) is 1. The lowest BCUT2D eigenvalue weighted by Gasteiger charge is -2.02. The molecule has 0 radical (unpaired) electrons. The molecule has 10 heteroatoms. The minimum atomic E-state index is -0.631. The zero-order chi connectivity index (χ0) is 19.6. The van der Waals surface area contributed by atoms with Gasteiger partial charge in [-0.1, -0.05) is 12.1 Å². The van der Waals surface area contributed by atoms with Crippen LogP contribution in [0, 0.1) is 10.1 Å². The predicted octanol–water partition coefficient (Wildman–Crippen LogP) is 3.58. The van der Waals surface area contributed by atoms with E-state index in [-0.39, 0.29) is 27.2 Å². The predicted molar refractivity (Wildman–Crippen MR) is 100 cm³/mol. The minimum absolute atomic E-state index is 0.0103. The van der Waals surface area contributed by atoms with E-state index in [1.807, 2.05) is 0 Å². The SMILES string of the molecule is COc1cccc2cc(C(=O)N/N=C\c3cc([N+](=O)[O-])cc(Br)c3O)oc12. The molecule has 1 amide bonds. The number of benzene rings is 2. The molecule has 3 aromatic rings. The van der Waals surface area contributed by atoms with Crippen molar-refractivity contribution in [1.29, 1.82) is 0 Å². The van der Waals surface area contributed by atoms with Gasteiger partial charge in [0.2, 0.25) is 0 Å². The lowest BCUT2D eigenvalue weighted by Crippen LogP contribution is -2.16. The summed E-state index contributed by atoms with van der Waals surface area (Å²) in [6, 6.07) is 9.05. The summed E-state index contributed by atoms with van der Waals surface area (Å²) in [5.74, 6) is -0.377. The highest BCUT2D eigenvalue weighted by molar-refractivity contribution is 9.10. The molecule has 0 atom stereocenters. The number of phenolic OH excluding ortho intramolecular Hbond substituents is 1. The van der Waals surface area contributed by atoms with Crippen LogP contribution in [0.15, 0.2) is 50.4 Å². The average molecular weight is 434 g/mol. The molecule has 2 N–H and O–H groups in total. The van der Waals surface area contributed by atoms with Crippen molar-refractivity contribution in [3.63, 3.8) is 0 Å². The molecule has 0 fully saturated rings. The number of nitro groups is 1. The third-order valence-electron chi connectivity index (χ3n) is 3.61. The van der Waals surface area contributed by atoms with Crippen molar-refractivity contribution < 1.29 is 24.0 Å². The molecule has 0 saturated heterocycles. The molecule has 0 aliphatic heterocycles. The molecule has 0 unspecified atom stereocenters. The molecule has 0 aliphatic carbocycles. The number of hydrogen-bond acceptors (Lipinski definition) is 7. The Morgan fingerprint density at radius 1 is 1.41 bits per heavy atom. The van der Waals surface area contributed by atoms with E-state index in [0.717, 1.165) is 18.3 Å². The van der Waals surface area contributed by atoms with Crippen LogP contribution >= 0.6 is 15.9 Å². The van der Waals surface area contributed by atoms with Crippen molar-refractivity contribution in [2.45, 2.75) is 0 Å². The van der Waals surface area contributed by atoms with Crippen molar-refractivity contribution in [3.8, 4) is 11.5 Å². The van der Waals surface area contributed by atoms with Crippen LogP contribution in [0.25, 0.3) is 11.0 Å². The van der Waals surface area contributed by atoms with Crippen molar-refractivity contribution >= 4 is 44.7 Å². The van der Waals surface area contributed by atoms with Gasteiger partial charge < -0.3 is 14.3 Å². The molecule has 1 heterocycles. The summed E-state index contributed by atoms with van der Waals surface area (Å²) in [7, 11) is 1.49. The van der Waals surface area contributed by atoms with E-state index >= 15 is 0 Å². The fourth-order valence-corrected chi connectivity index (χ4v) is 2.80. The fourth-order valence-electron chi connectivity index (χ4n) is 2.33. The van der Waals surface area contributed by atoms with Gasteiger partial charge in [0.05, 0.1) is 22.7 Å². The molecule has 9 nitrogen and oxygen atoms in total. The van der Waals surface area contributed by atoms with E-state index in [1.54, 1.807) is 18.2 Å². The summed E-state index contributed by atoms with van der Waals surface area (Å²) >= 11 is 3.03. The standard InChI is InChI=1S/C17H12BrN3O6/c1-26-13-4-2-3-9-6-14(27-16(9)13)17(23)20-19-8-10-5-11(21(24)25)7-12(18)15(10)22/h2-8,22H,1H3,(H,20,23)/b19-8-. The van der Waals surface area contributed by atoms with Gasteiger partial charge in [-0.3, -0.25) is 14.9 Å². The van der Waals surface area contributed by atoms with E-state index in [9.17, 15) is 20.0 Å². The fraction of sp³-hybridized carbons (Fsp3) is 0.0588. The number of phenols is 1. The highest BCUT2D eigenvalue weighted by atomic mass is 79.9. The van der Waals surface area contributed by atoms with Gasteiger partial charge in [0.25, 0.3) is 5.69 Å². The van der Waals surface area contributed by atoms with Crippen molar-refractivity contribution in [3.05, 3.63) is 62.3 Å². The first kappa shape index (κ1) is 18.4. The van der Waals surface area contributed by atoms with E-state index in [2.05, 4.69) is 26.5 Å². The molecule has 3 rings (SSSR count). The number of aromatic hydroxyl groups is 1. The van der Waals surface area contributed by atoms with Gasteiger partial charge in [-0.15, -0.1) is 0 Å². The maximum absolute atomic E-state index is 12.2. The lowest BCUT2D eigenvalue weighted by molar-refractivity contribution is -0.385. The quantitative estimate of drug-likeness (QED) is 0.359. The summed E-state index contributed by atoms with van der Waals surface area (Å²) in [5, 5.41) is 25.2. The van der Waals surface area contributed by atoms with E-state index < -0.39 is 10.8 Å². The van der Waals surface area contributed by atoms with Crippen LogP contribution in [-0.4, -0.2) is 29.3 Å². The minimum Gasteiger partial charge on any atom is -0.506 e. The maximum atomic E-state index is 12.2. The molecule has 27 heavy (non-hydrogen) atoms. The first-order valence-corrected chi connectivity index (χ1v) is 8.27. The Labute approximate surface area is 160 Å². The Morgan fingerprint density at radius 2 is 2.19 bits per heavy atom. The topological polar surface area (TPSA) is 127 Å². The number of carbonyl (C=O) groups is 1. The highest BCUT2D eigenvalue weighted by Crippen LogP contribution is 2.31. The normalized spacial score (nSPS) is 11.0. The second-order valence-corrected chi connectivity index (χ2v) is 6.17. The molecule has 0 saturated carbocycles. The highest BCUT2D eigenvalue weighted by Gasteiger charge is 2.15. The number of amides is 1. The third kappa shape index (κ3) is 3.75. The summed E-state index contributed by atoms with van der Waals surface area (Å²) in [6.45, 7) is 0. The van der Waals surface area contributed by atoms with Gasteiger partial charge in [-0.2, -0.15) is 5.10 Å². The van der Waals surface area contributed by atoms with E-state index in [4.69, 9.17) is 9.15 Å². The zero-order valence-corrected chi connectivity index (χ0v) is 15.4. The number of fused-ring (bicyclic) bond motifs is 1. The lowest BCUT2D eigenvalue weighted by atomic mass is 10.2. The summed E-state index contributed by atoms with van der Waals surface area (Å²) in [5.41, 5.74) is 2.49. The van der Waals surface area contributed by atoms with Gasteiger partial charge in [-0.05, 0) is 28.1 Å². The van der Waals surface area contributed by atoms with Gasteiger partial charge in [0.15, 0.2) is 17.1 Å². The van der Waals surface area contributed by atoms with Crippen LogP contribution in [0.1, 0.15) is 16.1 Å². The van der Waals surface area contributed by atoms with Gasteiger partial charge in [0.1, 0.15) is 5.75 Å². The largest absolute Gasteiger partial charge is 0.506 e. The molecule has 0 bridgehead atoms. The Morgan fingerprint density at radius 3 is 2.89 bits per heavy atom. The molecular formula is C17H12BrN3O6. The number of nitrogens with zero attached hydrogens (tertiary/aromatic N) is 2. The summed E-state index contributed by atoms with van der Waals surface area (Å²) in [4.78, 5) is 22.5. The number of halogens is 1. The molecular weight excluding hydrogens is 422 g/mol. The Balaban J connectivity index is 1.81. The number of methoxy groups -OCH3 is 1. The number of carbonyl (C=O) groups excluding carboxylic acids is 1. The zero-order valence-electron chi connectivity index (χ0n) is 13.8. The number of hydrogen-bond donors (Lipinski definition) is 2. The van der Waals surface area contributed by atoms with Crippen molar-refractivity contribution in [2.75, 3.05) is 7.11 Å². The van der Waals surface area contributed by atoms with Crippen molar-refractivity contribution in [2.24, 2.45) is 5.10 Å². The monoisotopic (exact) mass is 433 g/mol. The van der Waals surface area contributed by atoms with Crippen LogP contribution in [0.2, 0.25) is 0 Å². The maximum Gasteiger partial charge on any atom is 0.307 e. The van der Waals surface area contributed by atoms with Crippen LogP contribution in [0.3, 0.4) is 0 Å². The Bertz CT molecular complexity index is 1080. The number of rotatable bonds is 5. The van der Waals surface area contributed by atoms with E-state index in [0.29, 0.717) is 16.7 Å². The molecule has 0 aliphatic rings. The smallest absolute Gasteiger partial charge is 0.307 e. The summed E-state index contributed by atoms with van der Waals surface area (Å²) in [6.07, 6.45) is 1.09. The second kappa shape index (κ2) is 7.46. The van der Waals surface area contributed by atoms with Crippen LogP contribution in [0.5, 0.6) is 11.5 Å². The van der Waals surface area contributed by atoms with Gasteiger partial charge in [0, 0.05) is 23.1 Å². The summed E-state index contributed by atoms with van der Waals surface area (Å²) < 4.78 is 10.8. The number of nitro benzene ring substituents is 1. The Kier molecular flexibility index (Phi) is 5.08. The van der Waals surface area contributed by atoms with Crippen LogP contribution < -0.4 is 10.2 Å². The van der Waals surface area contributed by atoms with Crippen LogP contribution in [-0.2, 0) is 0 Å². The van der Waals surface area contributed by atoms with E-state index in [1.165, 1.54) is 13.2 Å². The van der Waals surface area contributed by atoms with Crippen LogP contribution in [0.4, 0.5) is 5.69 Å². The third-order valence-corrected chi connectivity index (χ3v) is 4.21. The number of furan rings is 1. The molecule has 2 aromatic carbocycles. The number of para-hydroxylation sites is 1. The average Bonchev–Trinajstić information content (AvgIpc) is 3.09. The number of hydrazone groups is 1. The van der Waals surface area contributed by atoms with Gasteiger partial charge >= 0.3 is 5.91 Å². The molecule has 0 spiro atoms. The number of ether oxygens (including phenoxy) is 1. The first-order chi connectivity index (χ1) is 12.9. The van der Waals surface area contributed by atoms with Crippen molar-refractivity contribution in [1.82, 2.24) is 5.43 Å². The second-order valence-electron chi connectivity index (χ2n) is 5.31. The van der Waals surface area contributed by atoms with Gasteiger partial charge in [-0.25, -0.2) is 5.43 Å². The molecule has 1 aromatic heterocycles.